The van der Waals surface area contributed by atoms with Gasteiger partial charge in [-0.3, -0.25) is 4.79 Å². The van der Waals surface area contributed by atoms with Crippen LogP contribution in [-0.2, 0) is 0 Å². The standard InChI is InChI=1S/C12H12N2O2S/c1-8-5-6-17-11(8)7-13-14-12(15)10-4-3-9(2)16-10/h3-7H,1-2H3,(H,14,15). The SMILES string of the molecule is Cc1ccc(C(=O)NN=Cc2sccc2C)o1. The second-order valence-corrected chi connectivity index (χ2v) is 4.52. The molecule has 5 heteroatoms. The van der Waals surface area contributed by atoms with Crippen LogP contribution in [-0.4, -0.2) is 12.1 Å². The summed E-state index contributed by atoms with van der Waals surface area (Å²) in [6.07, 6.45) is 1.63. The van der Waals surface area contributed by atoms with Crippen molar-refractivity contribution in [3.05, 3.63) is 45.5 Å². The molecule has 0 spiro atoms. The Bertz CT molecular complexity index is 554. The maximum atomic E-state index is 11.6. The lowest BCUT2D eigenvalue weighted by molar-refractivity contribution is 0.0926. The lowest BCUT2D eigenvalue weighted by Gasteiger charge is -1.95. The first-order valence-electron chi connectivity index (χ1n) is 5.11. The zero-order valence-electron chi connectivity index (χ0n) is 9.56. The van der Waals surface area contributed by atoms with E-state index in [2.05, 4.69) is 10.5 Å². The van der Waals surface area contributed by atoms with Crippen molar-refractivity contribution in [2.24, 2.45) is 5.10 Å². The van der Waals surface area contributed by atoms with Crippen molar-refractivity contribution >= 4 is 23.5 Å². The van der Waals surface area contributed by atoms with Crippen molar-refractivity contribution in [2.75, 3.05) is 0 Å². The monoisotopic (exact) mass is 248 g/mol. The average molecular weight is 248 g/mol. The van der Waals surface area contributed by atoms with Gasteiger partial charge in [0.05, 0.1) is 6.21 Å². The van der Waals surface area contributed by atoms with Crippen molar-refractivity contribution in [3.8, 4) is 0 Å². The highest BCUT2D eigenvalue weighted by molar-refractivity contribution is 7.11. The molecule has 0 aliphatic carbocycles. The van der Waals surface area contributed by atoms with Gasteiger partial charge >= 0.3 is 5.91 Å². The maximum Gasteiger partial charge on any atom is 0.307 e. The van der Waals surface area contributed by atoms with Gasteiger partial charge in [-0.25, -0.2) is 5.43 Å². The van der Waals surface area contributed by atoms with E-state index in [-0.39, 0.29) is 11.7 Å². The molecule has 0 atom stereocenters. The van der Waals surface area contributed by atoms with Gasteiger partial charge in [0.25, 0.3) is 0 Å². The van der Waals surface area contributed by atoms with Crippen LogP contribution in [0.2, 0.25) is 0 Å². The number of thiophene rings is 1. The molecule has 1 amide bonds. The van der Waals surface area contributed by atoms with E-state index in [9.17, 15) is 4.79 Å². The van der Waals surface area contributed by atoms with Crippen LogP contribution in [0.5, 0.6) is 0 Å². The molecule has 2 aromatic rings. The molecule has 0 radical (unpaired) electrons. The van der Waals surface area contributed by atoms with E-state index in [1.54, 1.807) is 36.6 Å². The quantitative estimate of drug-likeness (QED) is 0.670. The summed E-state index contributed by atoms with van der Waals surface area (Å²) in [6.45, 7) is 3.78. The van der Waals surface area contributed by atoms with Gasteiger partial charge in [-0.1, -0.05) is 0 Å². The molecule has 1 N–H and O–H groups in total. The number of nitrogens with zero attached hydrogens (tertiary/aromatic N) is 1. The van der Waals surface area contributed by atoms with Crippen LogP contribution in [0.1, 0.15) is 26.8 Å². The number of rotatable bonds is 3. The van der Waals surface area contributed by atoms with E-state index in [1.165, 1.54) is 0 Å². The Hall–Kier alpha value is -1.88. The largest absolute Gasteiger partial charge is 0.456 e. The van der Waals surface area contributed by atoms with E-state index in [0.717, 1.165) is 10.4 Å². The molecule has 2 heterocycles. The fraction of sp³-hybridized carbons (Fsp3) is 0.167. The van der Waals surface area contributed by atoms with Crippen LogP contribution in [0.25, 0.3) is 0 Å². The van der Waals surface area contributed by atoms with Gasteiger partial charge in [0.2, 0.25) is 0 Å². The summed E-state index contributed by atoms with van der Waals surface area (Å²) in [4.78, 5) is 12.6. The Morgan fingerprint density at radius 3 is 2.82 bits per heavy atom. The first-order valence-corrected chi connectivity index (χ1v) is 5.99. The molecule has 0 aliphatic rings. The molecule has 0 saturated heterocycles. The minimum absolute atomic E-state index is 0.266. The summed E-state index contributed by atoms with van der Waals surface area (Å²) < 4.78 is 5.17. The van der Waals surface area contributed by atoms with Crippen LogP contribution >= 0.6 is 11.3 Å². The van der Waals surface area contributed by atoms with Crippen molar-refractivity contribution in [2.45, 2.75) is 13.8 Å². The van der Waals surface area contributed by atoms with Crippen LogP contribution in [0, 0.1) is 13.8 Å². The first kappa shape index (κ1) is 11.6. The first-order chi connectivity index (χ1) is 8.16. The Labute approximate surface area is 103 Å². The minimum atomic E-state index is -0.344. The van der Waals surface area contributed by atoms with Crippen LogP contribution in [0.4, 0.5) is 0 Å². The highest BCUT2D eigenvalue weighted by Crippen LogP contribution is 2.12. The summed E-state index contributed by atoms with van der Waals surface area (Å²) in [7, 11) is 0. The number of hydrogen-bond donors (Lipinski definition) is 1. The minimum Gasteiger partial charge on any atom is -0.456 e. The fourth-order valence-electron chi connectivity index (χ4n) is 1.28. The lowest BCUT2D eigenvalue weighted by atomic mass is 10.3. The van der Waals surface area contributed by atoms with E-state index >= 15 is 0 Å². The maximum absolute atomic E-state index is 11.6. The third-order valence-electron chi connectivity index (χ3n) is 2.21. The number of carbonyl (C=O) groups excluding carboxylic acids is 1. The number of hydrazone groups is 1. The normalized spacial score (nSPS) is 10.9. The second-order valence-electron chi connectivity index (χ2n) is 3.58. The van der Waals surface area contributed by atoms with E-state index < -0.39 is 0 Å². The predicted molar refractivity (Wildman–Crippen MR) is 67.6 cm³/mol. The molecule has 4 nitrogen and oxygen atoms in total. The third-order valence-corrected chi connectivity index (χ3v) is 3.17. The van der Waals surface area contributed by atoms with Crippen molar-refractivity contribution < 1.29 is 9.21 Å². The van der Waals surface area contributed by atoms with E-state index in [0.29, 0.717) is 5.76 Å². The summed E-state index contributed by atoms with van der Waals surface area (Å²) in [5.74, 6) is 0.624. The molecule has 88 valence electrons. The van der Waals surface area contributed by atoms with Crippen molar-refractivity contribution in [3.63, 3.8) is 0 Å². The van der Waals surface area contributed by atoms with Crippen LogP contribution in [0.3, 0.4) is 0 Å². The molecule has 2 aromatic heterocycles. The zero-order chi connectivity index (χ0) is 12.3. The molecular weight excluding hydrogens is 236 g/mol. The Morgan fingerprint density at radius 2 is 2.24 bits per heavy atom. The zero-order valence-corrected chi connectivity index (χ0v) is 10.4. The second kappa shape index (κ2) is 4.97. The van der Waals surface area contributed by atoms with Gasteiger partial charge < -0.3 is 4.42 Å². The molecule has 0 aromatic carbocycles. The summed E-state index contributed by atoms with van der Waals surface area (Å²) in [6, 6.07) is 5.36. The molecule has 17 heavy (non-hydrogen) atoms. The number of amides is 1. The number of carbonyl (C=O) groups is 1. The smallest absolute Gasteiger partial charge is 0.307 e. The van der Waals surface area contributed by atoms with Crippen molar-refractivity contribution in [1.82, 2.24) is 5.43 Å². The Kier molecular flexibility index (Phi) is 3.39. The predicted octanol–water partition coefficient (Wildman–Crippen LogP) is 2.72. The summed E-state index contributed by atoms with van der Waals surface area (Å²) in [5.41, 5.74) is 3.56. The van der Waals surface area contributed by atoms with Gasteiger partial charge in [0, 0.05) is 4.88 Å². The van der Waals surface area contributed by atoms with Crippen molar-refractivity contribution in [1.29, 1.82) is 0 Å². The average Bonchev–Trinajstić information content (AvgIpc) is 2.88. The highest BCUT2D eigenvalue weighted by atomic mass is 32.1. The number of nitrogens with one attached hydrogen (secondary N) is 1. The molecular formula is C12H12N2O2S. The Balaban J connectivity index is 1.97. The number of hydrogen-bond acceptors (Lipinski definition) is 4. The molecule has 0 unspecified atom stereocenters. The molecule has 0 aliphatic heterocycles. The fourth-order valence-corrected chi connectivity index (χ4v) is 2.06. The van der Waals surface area contributed by atoms with E-state index in [4.69, 9.17) is 4.42 Å². The molecule has 0 saturated carbocycles. The van der Waals surface area contributed by atoms with E-state index in [1.807, 2.05) is 18.4 Å². The van der Waals surface area contributed by atoms with Crippen LogP contribution < -0.4 is 5.43 Å². The Morgan fingerprint density at radius 1 is 1.41 bits per heavy atom. The van der Waals surface area contributed by atoms with Gasteiger partial charge in [-0.2, -0.15) is 5.10 Å². The summed E-state index contributed by atoms with van der Waals surface area (Å²) >= 11 is 1.58. The molecule has 0 fully saturated rings. The van der Waals surface area contributed by atoms with Gasteiger partial charge in [0.15, 0.2) is 5.76 Å². The van der Waals surface area contributed by atoms with Gasteiger partial charge in [-0.05, 0) is 43.0 Å². The number of furan rings is 1. The molecule has 0 bridgehead atoms. The van der Waals surface area contributed by atoms with Gasteiger partial charge in [-0.15, -0.1) is 11.3 Å². The van der Waals surface area contributed by atoms with Crippen LogP contribution in [0.15, 0.2) is 33.1 Å². The third kappa shape index (κ3) is 2.82. The highest BCUT2D eigenvalue weighted by Gasteiger charge is 2.08. The number of aryl methyl sites for hydroxylation is 2. The lowest BCUT2D eigenvalue weighted by Crippen LogP contribution is -2.16. The summed E-state index contributed by atoms with van der Waals surface area (Å²) in [5, 5.41) is 5.87. The van der Waals surface area contributed by atoms with Gasteiger partial charge in [0.1, 0.15) is 5.76 Å². The molecule has 2 rings (SSSR count). The topological polar surface area (TPSA) is 54.6 Å².